The van der Waals surface area contributed by atoms with E-state index >= 15 is 0 Å². The highest BCUT2D eigenvalue weighted by molar-refractivity contribution is 5.77. The van der Waals surface area contributed by atoms with Crippen LogP contribution in [0.25, 0.3) is 0 Å². The molecule has 2 N–H and O–H groups in total. The van der Waals surface area contributed by atoms with Gasteiger partial charge in [-0.15, -0.1) is 0 Å². The quantitative estimate of drug-likeness (QED) is 0.749. The van der Waals surface area contributed by atoms with Gasteiger partial charge in [-0.3, -0.25) is 0 Å². The second-order valence-electron chi connectivity index (χ2n) is 2.95. The summed E-state index contributed by atoms with van der Waals surface area (Å²) in [6.07, 6.45) is -1.73. The standard InChI is InChI=1S/C10H11FO5/c1-15-6-4-3-5(8(12)7(6)11)9(13)10(14)16-2/h3-4,9,12-13H,1-2H3. The predicted molar refractivity (Wildman–Crippen MR) is 51.6 cm³/mol. The number of carbonyl (C=O) groups is 1. The van der Waals surface area contributed by atoms with Gasteiger partial charge in [0, 0.05) is 5.56 Å². The summed E-state index contributed by atoms with van der Waals surface area (Å²) < 4.78 is 22.2. The van der Waals surface area contributed by atoms with Crippen molar-refractivity contribution in [3.63, 3.8) is 0 Å². The largest absolute Gasteiger partial charge is 0.504 e. The molecule has 0 bridgehead atoms. The lowest BCUT2D eigenvalue weighted by atomic mass is 10.1. The number of carbonyl (C=O) groups excluding carboxylic acids is 1. The number of benzene rings is 1. The van der Waals surface area contributed by atoms with E-state index in [1.807, 2.05) is 0 Å². The summed E-state index contributed by atoms with van der Waals surface area (Å²) in [6, 6.07) is 2.37. The number of hydrogen-bond acceptors (Lipinski definition) is 5. The summed E-state index contributed by atoms with van der Waals surface area (Å²) in [6.45, 7) is 0. The Hall–Kier alpha value is -1.82. The number of hydrogen-bond donors (Lipinski definition) is 2. The van der Waals surface area contributed by atoms with Crippen LogP contribution in [-0.2, 0) is 9.53 Å². The average Bonchev–Trinajstić information content (AvgIpc) is 2.30. The van der Waals surface area contributed by atoms with Crippen LogP contribution in [0.1, 0.15) is 11.7 Å². The third-order valence-corrected chi connectivity index (χ3v) is 2.05. The minimum Gasteiger partial charge on any atom is -0.504 e. The van der Waals surface area contributed by atoms with Gasteiger partial charge in [-0.1, -0.05) is 0 Å². The van der Waals surface area contributed by atoms with Crippen LogP contribution in [0.5, 0.6) is 11.5 Å². The van der Waals surface area contributed by atoms with Gasteiger partial charge < -0.3 is 19.7 Å². The van der Waals surface area contributed by atoms with E-state index in [1.165, 1.54) is 19.2 Å². The molecule has 0 radical (unpaired) electrons. The molecular weight excluding hydrogens is 219 g/mol. The van der Waals surface area contributed by atoms with Gasteiger partial charge in [0.1, 0.15) is 0 Å². The van der Waals surface area contributed by atoms with Gasteiger partial charge in [0.2, 0.25) is 5.82 Å². The van der Waals surface area contributed by atoms with Gasteiger partial charge >= 0.3 is 5.97 Å². The molecule has 0 amide bonds. The molecule has 1 aromatic carbocycles. The van der Waals surface area contributed by atoms with Gasteiger partial charge in [0.15, 0.2) is 17.6 Å². The summed E-state index contributed by atoms with van der Waals surface area (Å²) in [5.41, 5.74) is -0.273. The topological polar surface area (TPSA) is 76.0 Å². The molecule has 0 saturated carbocycles. The molecule has 1 aromatic rings. The highest BCUT2D eigenvalue weighted by Crippen LogP contribution is 2.33. The van der Waals surface area contributed by atoms with Crippen LogP contribution < -0.4 is 4.74 Å². The van der Waals surface area contributed by atoms with E-state index in [0.717, 1.165) is 7.11 Å². The molecule has 0 aliphatic carbocycles. The molecule has 0 heterocycles. The van der Waals surface area contributed by atoms with Crippen molar-refractivity contribution in [2.75, 3.05) is 14.2 Å². The van der Waals surface area contributed by atoms with E-state index < -0.39 is 23.6 Å². The van der Waals surface area contributed by atoms with Crippen molar-refractivity contribution in [2.45, 2.75) is 6.10 Å². The molecule has 1 rings (SSSR count). The first kappa shape index (κ1) is 12.3. The summed E-state index contributed by atoms with van der Waals surface area (Å²) in [5, 5.41) is 18.8. The second-order valence-corrected chi connectivity index (χ2v) is 2.95. The normalized spacial score (nSPS) is 12.0. The van der Waals surface area contributed by atoms with Crippen LogP contribution in [0.15, 0.2) is 12.1 Å². The van der Waals surface area contributed by atoms with Gasteiger partial charge in [-0.2, -0.15) is 4.39 Å². The first-order chi connectivity index (χ1) is 7.52. The Kier molecular flexibility index (Phi) is 3.68. The summed E-state index contributed by atoms with van der Waals surface area (Å²) in [7, 11) is 2.30. The number of methoxy groups -OCH3 is 2. The number of aliphatic hydroxyl groups excluding tert-OH is 1. The van der Waals surface area contributed by atoms with Crippen LogP contribution in [-0.4, -0.2) is 30.4 Å². The fourth-order valence-corrected chi connectivity index (χ4v) is 1.18. The molecule has 0 spiro atoms. The number of rotatable bonds is 3. The maximum Gasteiger partial charge on any atom is 0.339 e. The van der Waals surface area contributed by atoms with Crippen LogP contribution in [0.2, 0.25) is 0 Å². The summed E-state index contributed by atoms with van der Waals surface area (Å²) >= 11 is 0. The molecule has 5 nitrogen and oxygen atoms in total. The first-order valence-corrected chi connectivity index (χ1v) is 4.34. The zero-order chi connectivity index (χ0) is 12.3. The van der Waals surface area contributed by atoms with Crippen LogP contribution in [0, 0.1) is 5.82 Å². The molecule has 1 atom stereocenters. The van der Waals surface area contributed by atoms with Crippen LogP contribution >= 0.6 is 0 Å². The van der Waals surface area contributed by atoms with Crippen LogP contribution in [0.4, 0.5) is 4.39 Å². The minimum atomic E-state index is -1.73. The van der Waals surface area contributed by atoms with Gasteiger partial charge in [0.25, 0.3) is 0 Å². The average molecular weight is 230 g/mol. The van der Waals surface area contributed by atoms with E-state index in [2.05, 4.69) is 9.47 Å². The first-order valence-electron chi connectivity index (χ1n) is 4.34. The molecule has 16 heavy (non-hydrogen) atoms. The number of phenolic OH excluding ortho intramolecular Hbond substituents is 1. The maximum absolute atomic E-state index is 13.4. The lowest BCUT2D eigenvalue weighted by Gasteiger charge is -2.12. The van der Waals surface area contributed by atoms with Crippen molar-refractivity contribution in [1.82, 2.24) is 0 Å². The predicted octanol–water partition coefficient (Wildman–Crippen LogP) is 0.746. The van der Waals surface area contributed by atoms with Crippen molar-refractivity contribution in [3.05, 3.63) is 23.5 Å². The third-order valence-electron chi connectivity index (χ3n) is 2.05. The monoisotopic (exact) mass is 230 g/mol. The Balaban J connectivity index is 3.17. The van der Waals surface area contributed by atoms with E-state index in [0.29, 0.717) is 0 Å². The smallest absolute Gasteiger partial charge is 0.339 e. The highest BCUT2D eigenvalue weighted by atomic mass is 19.1. The molecule has 0 aliphatic rings. The Morgan fingerprint density at radius 2 is 2.06 bits per heavy atom. The number of aliphatic hydroxyl groups is 1. The molecule has 0 saturated heterocycles. The second kappa shape index (κ2) is 4.80. The number of esters is 1. The molecule has 0 fully saturated rings. The van der Waals surface area contributed by atoms with E-state index in [4.69, 9.17) is 0 Å². The molecular formula is C10H11FO5. The number of phenols is 1. The van der Waals surface area contributed by atoms with Crippen molar-refractivity contribution in [3.8, 4) is 11.5 Å². The van der Waals surface area contributed by atoms with E-state index in [-0.39, 0.29) is 11.3 Å². The number of ether oxygens (including phenoxy) is 2. The molecule has 0 aliphatic heterocycles. The Morgan fingerprint density at radius 3 is 2.56 bits per heavy atom. The molecule has 1 unspecified atom stereocenters. The van der Waals surface area contributed by atoms with Crippen molar-refractivity contribution >= 4 is 5.97 Å². The fraction of sp³-hybridized carbons (Fsp3) is 0.300. The SMILES string of the molecule is COC(=O)C(O)c1ccc(OC)c(F)c1O. The Bertz CT molecular complexity index is 404. The highest BCUT2D eigenvalue weighted by Gasteiger charge is 2.24. The Morgan fingerprint density at radius 1 is 1.44 bits per heavy atom. The lowest BCUT2D eigenvalue weighted by molar-refractivity contribution is -0.150. The van der Waals surface area contributed by atoms with Crippen LogP contribution in [0.3, 0.4) is 0 Å². The van der Waals surface area contributed by atoms with Crippen molar-refractivity contribution < 1.29 is 28.9 Å². The van der Waals surface area contributed by atoms with Gasteiger partial charge in [0.05, 0.1) is 14.2 Å². The summed E-state index contributed by atoms with van der Waals surface area (Å²) in [5.74, 6) is -3.04. The molecule has 6 heteroatoms. The van der Waals surface area contributed by atoms with E-state index in [1.54, 1.807) is 0 Å². The minimum absolute atomic E-state index is 0.182. The molecule has 88 valence electrons. The third kappa shape index (κ3) is 2.06. The number of halogens is 1. The van der Waals surface area contributed by atoms with E-state index in [9.17, 15) is 19.4 Å². The Labute approximate surface area is 91.0 Å². The lowest BCUT2D eigenvalue weighted by Crippen LogP contribution is -2.14. The number of aromatic hydroxyl groups is 1. The summed E-state index contributed by atoms with van der Waals surface area (Å²) in [4.78, 5) is 11.0. The van der Waals surface area contributed by atoms with Gasteiger partial charge in [-0.25, -0.2) is 4.79 Å². The van der Waals surface area contributed by atoms with Gasteiger partial charge in [-0.05, 0) is 12.1 Å². The van der Waals surface area contributed by atoms with Crippen molar-refractivity contribution in [1.29, 1.82) is 0 Å². The fourth-order valence-electron chi connectivity index (χ4n) is 1.18. The zero-order valence-corrected chi connectivity index (χ0v) is 8.73. The van der Waals surface area contributed by atoms with Crippen molar-refractivity contribution in [2.24, 2.45) is 0 Å². The zero-order valence-electron chi connectivity index (χ0n) is 8.73. The molecule has 0 aromatic heterocycles. The maximum atomic E-state index is 13.4.